The zero-order chi connectivity index (χ0) is 25.2. The first-order valence-electron chi connectivity index (χ1n) is 11.6. The molecule has 0 spiro atoms. The summed E-state index contributed by atoms with van der Waals surface area (Å²) in [5.74, 6) is 0.791. The van der Waals surface area contributed by atoms with Gasteiger partial charge in [0.25, 0.3) is 0 Å². The Hall–Kier alpha value is -4.30. The number of methoxy groups -OCH3 is 1. The van der Waals surface area contributed by atoms with E-state index in [4.69, 9.17) is 19.2 Å². The average Bonchev–Trinajstić information content (AvgIpc) is 3.21. The first-order valence-corrected chi connectivity index (χ1v) is 11.6. The monoisotopic (exact) mass is 485 g/mol. The van der Waals surface area contributed by atoms with Crippen LogP contribution in [0, 0.1) is 0 Å². The Morgan fingerprint density at radius 2 is 1.72 bits per heavy atom. The maximum atomic E-state index is 12.0. The van der Waals surface area contributed by atoms with E-state index in [2.05, 4.69) is 9.88 Å². The van der Waals surface area contributed by atoms with Crippen molar-refractivity contribution in [1.29, 1.82) is 0 Å². The number of aromatic hydroxyl groups is 1. The maximum Gasteiger partial charge on any atom is 0.337 e. The summed E-state index contributed by atoms with van der Waals surface area (Å²) < 4.78 is 16.3. The van der Waals surface area contributed by atoms with Crippen molar-refractivity contribution in [1.82, 2.24) is 9.88 Å². The zero-order valence-electron chi connectivity index (χ0n) is 20.4. The van der Waals surface area contributed by atoms with Crippen molar-refractivity contribution in [3.05, 3.63) is 82.9 Å². The lowest BCUT2D eigenvalue weighted by atomic mass is 9.99. The van der Waals surface area contributed by atoms with Crippen molar-refractivity contribution in [2.75, 3.05) is 34.4 Å². The van der Waals surface area contributed by atoms with Crippen LogP contribution >= 0.6 is 0 Å². The Morgan fingerprint density at radius 3 is 2.44 bits per heavy atom. The molecule has 184 valence electrons. The summed E-state index contributed by atoms with van der Waals surface area (Å²) in [6.45, 7) is 1.79. The van der Waals surface area contributed by atoms with Crippen LogP contribution in [0.4, 0.5) is 5.69 Å². The molecule has 36 heavy (non-hydrogen) atoms. The molecular formula is C28H27N3O5. The van der Waals surface area contributed by atoms with Gasteiger partial charge in [-0.3, -0.25) is 0 Å². The molecule has 1 aliphatic rings. The molecular weight excluding hydrogens is 458 g/mol. The van der Waals surface area contributed by atoms with E-state index in [0.717, 1.165) is 23.2 Å². The van der Waals surface area contributed by atoms with E-state index >= 15 is 0 Å². The normalized spacial score (nSPS) is 13.3. The van der Waals surface area contributed by atoms with Crippen LogP contribution in [0.1, 0.15) is 27.0 Å². The maximum absolute atomic E-state index is 12.0. The number of nitrogens with zero attached hydrogens (tertiary/aromatic N) is 2. The lowest BCUT2D eigenvalue weighted by Gasteiger charge is -2.19. The second kappa shape index (κ2) is 9.75. The molecule has 2 N–H and O–H groups in total. The van der Waals surface area contributed by atoms with Gasteiger partial charge in [-0.15, -0.1) is 0 Å². The summed E-state index contributed by atoms with van der Waals surface area (Å²) in [5, 5.41) is 11.7. The lowest BCUT2D eigenvalue weighted by molar-refractivity contribution is 0.0601. The predicted octanol–water partition coefficient (Wildman–Crippen LogP) is 4.66. The number of carbonyl (C=O) groups excluding carboxylic acids is 1. The van der Waals surface area contributed by atoms with E-state index in [1.807, 2.05) is 56.6 Å². The number of carbonyl (C=O) groups is 1. The van der Waals surface area contributed by atoms with Crippen LogP contribution < -0.4 is 9.47 Å². The van der Waals surface area contributed by atoms with Gasteiger partial charge in [-0.2, -0.15) is 0 Å². The van der Waals surface area contributed by atoms with Crippen LogP contribution in [0.25, 0.3) is 10.9 Å². The topological polar surface area (TPSA) is 96.4 Å². The van der Waals surface area contributed by atoms with Crippen molar-refractivity contribution in [2.45, 2.75) is 6.54 Å². The molecule has 0 radical (unpaired) electrons. The van der Waals surface area contributed by atoms with Crippen LogP contribution in [0.15, 0.2) is 65.7 Å². The lowest BCUT2D eigenvalue weighted by Crippen LogP contribution is -2.16. The van der Waals surface area contributed by atoms with Gasteiger partial charge in [0, 0.05) is 23.0 Å². The van der Waals surface area contributed by atoms with Crippen molar-refractivity contribution in [2.24, 2.45) is 4.99 Å². The van der Waals surface area contributed by atoms with Gasteiger partial charge in [-0.25, -0.2) is 9.79 Å². The molecule has 0 bridgehead atoms. The number of nitrogens with one attached hydrogen (secondary N) is 1. The first-order chi connectivity index (χ1) is 17.4. The molecule has 2 heterocycles. The fourth-order valence-electron chi connectivity index (χ4n) is 4.29. The Morgan fingerprint density at radius 1 is 1.00 bits per heavy atom. The summed E-state index contributed by atoms with van der Waals surface area (Å²) in [6, 6.07) is 18.7. The van der Waals surface area contributed by atoms with Crippen LogP contribution in [0.3, 0.4) is 0 Å². The molecule has 5 rings (SSSR count). The van der Waals surface area contributed by atoms with Crippen molar-refractivity contribution >= 4 is 28.3 Å². The van der Waals surface area contributed by atoms with Crippen molar-refractivity contribution < 1.29 is 24.1 Å². The summed E-state index contributed by atoms with van der Waals surface area (Å²) in [7, 11) is 5.38. The quantitative estimate of drug-likeness (QED) is 0.305. The molecule has 8 nitrogen and oxygen atoms in total. The van der Waals surface area contributed by atoms with Crippen LogP contribution in [0.5, 0.6) is 17.4 Å². The van der Waals surface area contributed by atoms with Gasteiger partial charge in [-0.05, 0) is 62.1 Å². The molecule has 0 aliphatic carbocycles. The van der Waals surface area contributed by atoms with Gasteiger partial charge in [0.15, 0.2) is 17.4 Å². The van der Waals surface area contributed by atoms with Gasteiger partial charge >= 0.3 is 5.97 Å². The third kappa shape index (κ3) is 4.63. The van der Waals surface area contributed by atoms with E-state index in [0.29, 0.717) is 47.1 Å². The molecule has 4 aromatic rings. The second-order valence-electron chi connectivity index (χ2n) is 8.82. The van der Waals surface area contributed by atoms with Crippen LogP contribution in [0.2, 0.25) is 0 Å². The number of aliphatic imine (C=N–C) groups is 1. The van der Waals surface area contributed by atoms with Gasteiger partial charge in [0.1, 0.15) is 13.2 Å². The fourth-order valence-corrected chi connectivity index (χ4v) is 4.29. The number of aromatic nitrogens is 1. The Bertz CT molecular complexity index is 1450. The number of aromatic amines is 1. The Balaban J connectivity index is 1.66. The minimum atomic E-state index is -0.453. The standard InChI is InChI=1S/C28H27N3O5/c1-31(2)16-17-4-8-20(9-5-17)29-26(18-7-11-23-24(15-18)36-13-12-35-23)25-21-10-6-19(28(33)34-3)14-22(21)30-27(25)32/h4-11,14-15,30,32H,12-13,16H2,1-3H3. The van der Waals surface area contributed by atoms with Crippen molar-refractivity contribution in [3.8, 4) is 17.4 Å². The van der Waals surface area contributed by atoms with E-state index in [1.165, 1.54) is 12.7 Å². The molecule has 0 fully saturated rings. The Labute approximate surface area is 208 Å². The van der Waals surface area contributed by atoms with E-state index in [9.17, 15) is 9.90 Å². The third-order valence-corrected chi connectivity index (χ3v) is 5.93. The number of benzene rings is 3. The summed E-state index contributed by atoms with van der Waals surface area (Å²) >= 11 is 0. The molecule has 0 saturated heterocycles. The summed E-state index contributed by atoms with van der Waals surface area (Å²) in [4.78, 5) is 22.1. The largest absolute Gasteiger partial charge is 0.494 e. The zero-order valence-corrected chi connectivity index (χ0v) is 20.4. The SMILES string of the molecule is COC(=O)c1ccc2c(C(=Nc3ccc(CN(C)C)cc3)c3ccc4c(c3)OCCO4)c(O)[nH]c2c1. The highest BCUT2D eigenvalue weighted by atomic mass is 16.6. The number of ether oxygens (including phenoxy) is 3. The van der Waals surface area contributed by atoms with Gasteiger partial charge in [-0.1, -0.05) is 18.2 Å². The molecule has 1 aliphatic heterocycles. The van der Waals surface area contributed by atoms with Gasteiger partial charge < -0.3 is 29.2 Å². The van der Waals surface area contributed by atoms with Crippen molar-refractivity contribution in [3.63, 3.8) is 0 Å². The minimum absolute atomic E-state index is 0.0510. The van der Waals surface area contributed by atoms with E-state index in [-0.39, 0.29) is 5.88 Å². The molecule has 0 amide bonds. The van der Waals surface area contributed by atoms with Gasteiger partial charge in [0.05, 0.1) is 29.6 Å². The number of fused-ring (bicyclic) bond motifs is 2. The molecule has 1 aromatic heterocycles. The minimum Gasteiger partial charge on any atom is -0.494 e. The second-order valence-corrected chi connectivity index (χ2v) is 8.82. The van der Waals surface area contributed by atoms with E-state index < -0.39 is 5.97 Å². The summed E-state index contributed by atoms with van der Waals surface area (Å²) in [6.07, 6.45) is 0. The first kappa shape index (κ1) is 23.4. The molecule has 0 atom stereocenters. The highest BCUT2D eigenvalue weighted by Gasteiger charge is 2.22. The predicted molar refractivity (Wildman–Crippen MR) is 138 cm³/mol. The number of hydrogen-bond acceptors (Lipinski definition) is 7. The summed E-state index contributed by atoms with van der Waals surface area (Å²) in [5.41, 5.74) is 4.72. The average molecular weight is 486 g/mol. The number of esters is 1. The highest BCUT2D eigenvalue weighted by Crippen LogP contribution is 2.36. The molecule has 8 heteroatoms. The molecule has 0 saturated carbocycles. The number of rotatable bonds is 6. The number of hydrogen-bond donors (Lipinski definition) is 2. The number of H-pyrrole nitrogens is 1. The van der Waals surface area contributed by atoms with Crippen LogP contribution in [-0.4, -0.2) is 61.1 Å². The van der Waals surface area contributed by atoms with Gasteiger partial charge in [0.2, 0.25) is 0 Å². The molecule has 3 aromatic carbocycles. The highest BCUT2D eigenvalue weighted by molar-refractivity contribution is 6.22. The fraction of sp³-hybridized carbons (Fsp3) is 0.214. The Kier molecular flexibility index (Phi) is 6.35. The third-order valence-electron chi connectivity index (χ3n) is 5.93. The smallest absolute Gasteiger partial charge is 0.337 e. The molecule has 0 unspecified atom stereocenters. The van der Waals surface area contributed by atoms with Crippen LogP contribution in [-0.2, 0) is 11.3 Å². The van der Waals surface area contributed by atoms with E-state index in [1.54, 1.807) is 18.2 Å².